The van der Waals surface area contributed by atoms with Crippen LogP contribution < -0.4 is 0 Å². The smallest absolute Gasteiger partial charge is 0.323 e. The lowest BCUT2D eigenvalue weighted by Crippen LogP contribution is -2.37. The topological polar surface area (TPSA) is 29.5 Å². The van der Waals surface area contributed by atoms with Crippen LogP contribution in [0.15, 0.2) is 0 Å². The van der Waals surface area contributed by atoms with E-state index in [-0.39, 0.29) is 12.0 Å². The Morgan fingerprint density at radius 1 is 1.40 bits per heavy atom. The Bertz CT molecular complexity index is 194. The van der Waals surface area contributed by atoms with Crippen LogP contribution in [-0.2, 0) is 9.53 Å². The van der Waals surface area contributed by atoms with E-state index in [1.54, 1.807) is 0 Å². The van der Waals surface area contributed by atoms with E-state index in [0.717, 1.165) is 25.9 Å². The summed E-state index contributed by atoms with van der Waals surface area (Å²) in [7, 11) is 1.48. The van der Waals surface area contributed by atoms with Gasteiger partial charge in [0.05, 0.1) is 7.11 Å². The molecule has 0 aromatic heterocycles. The first kappa shape index (κ1) is 12.5. The predicted molar refractivity (Wildman–Crippen MR) is 60.8 cm³/mol. The van der Waals surface area contributed by atoms with Crippen molar-refractivity contribution < 1.29 is 9.53 Å². The molecule has 15 heavy (non-hydrogen) atoms. The summed E-state index contributed by atoms with van der Waals surface area (Å²) in [6, 6.07) is 0.0385. The van der Waals surface area contributed by atoms with Gasteiger partial charge in [0.1, 0.15) is 6.04 Å². The van der Waals surface area contributed by atoms with Gasteiger partial charge in [-0.25, -0.2) is 0 Å². The average molecular weight is 213 g/mol. The van der Waals surface area contributed by atoms with E-state index in [1.807, 2.05) is 0 Å². The maximum atomic E-state index is 11.4. The summed E-state index contributed by atoms with van der Waals surface area (Å²) >= 11 is 0. The van der Waals surface area contributed by atoms with Crippen LogP contribution in [0.3, 0.4) is 0 Å². The first-order chi connectivity index (χ1) is 7.29. The predicted octanol–water partition coefficient (Wildman–Crippen LogP) is 2.20. The maximum Gasteiger partial charge on any atom is 0.323 e. The van der Waals surface area contributed by atoms with E-state index in [2.05, 4.69) is 11.8 Å². The van der Waals surface area contributed by atoms with Crippen LogP contribution in [0.25, 0.3) is 0 Å². The van der Waals surface area contributed by atoms with E-state index < -0.39 is 0 Å². The highest BCUT2D eigenvalue weighted by atomic mass is 16.5. The summed E-state index contributed by atoms with van der Waals surface area (Å²) in [6.45, 7) is 4.33. The van der Waals surface area contributed by atoms with Crippen molar-refractivity contribution in [2.45, 2.75) is 51.5 Å². The third-order valence-corrected chi connectivity index (χ3v) is 3.14. The van der Waals surface area contributed by atoms with Crippen LogP contribution in [0.1, 0.15) is 45.4 Å². The molecule has 1 aliphatic heterocycles. The number of methoxy groups -OCH3 is 1. The molecule has 1 heterocycles. The molecule has 0 saturated carbocycles. The molecule has 0 aromatic rings. The lowest BCUT2D eigenvalue weighted by atomic mass is 10.2. The van der Waals surface area contributed by atoms with Gasteiger partial charge in [0.2, 0.25) is 0 Å². The van der Waals surface area contributed by atoms with Gasteiger partial charge in [0, 0.05) is 0 Å². The van der Waals surface area contributed by atoms with E-state index >= 15 is 0 Å². The van der Waals surface area contributed by atoms with E-state index in [0.29, 0.717) is 0 Å². The molecule has 0 radical (unpaired) electrons. The highest BCUT2D eigenvalue weighted by Crippen LogP contribution is 2.19. The number of carbonyl (C=O) groups is 1. The summed E-state index contributed by atoms with van der Waals surface area (Å²) in [5.74, 6) is -0.0528. The quantitative estimate of drug-likeness (QED) is 0.500. The van der Waals surface area contributed by atoms with Gasteiger partial charge in [-0.05, 0) is 32.4 Å². The van der Waals surface area contributed by atoms with E-state index in [1.165, 1.54) is 32.8 Å². The van der Waals surface area contributed by atoms with E-state index in [9.17, 15) is 4.79 Å². The van der Waals surface area contributed by atoms with Gasteiger partial charge in [-0.15, -0.1) is 0 Å². The van der Waals surface area contributed by atoms with Crippen LogP contribution in [0.5, 0.6) is 0 Å². The number of nitrogens with zero attached hydrogens (tertiary/aromatic N) is 1. The average Bonchev–Trinajstić information content (AvgIpc) is 2.71. The molecule has 0 aliphatic carbocycles. The molecule has 88 valence electrons. The minimum Gasteiger partial charge on any atom is -0.468 e. The van der Waals surface area contributed by atoms with Crippen molar-refractivity contribution in [3.05, 3.63) is 0 Å². The molecule has 1 aliphatic rings. The summed E-state index contributed by atoms with van der Waals surface area (Å²) in [5, 5.41) is 0. The number of hydrogen-bond acceptors (Lipinski definition) is 3. The van der Waals surface area contributed by atoms with E-state index in [4.69, 9.17) is 4.74 Å². The number of ether oxygens (including phenoxy) is 1. The fourth-order valence-electron chi connectivity index (χ4n) is 2.24. The zero-order chi connectivity index (χ0) is 11.1. The molecule has 0 bridgehead atoms. The molecular formula is C12H23NO2. The molecule has 0 spiro atoms. The fourth-order valence-corrected chi connectivity index (χ4v) is 2.24. The molecule has 0 amide bonds. The third kappa shape index (κ3) is 3.82. The lowest BCUT2D eigenvalue weighted by molar-refractivity contribution is -0.145. The van der Waals surface area contributed by atoms with Crippen molar-refractivity contribution in [2.24, 2.45) is 0 Å². The zero-order valence-electron chi connectivity index (χ0n) is 10.00. The molecular weight excluding hydrogens is 190 g/mol. The van der Waals surface area contributed by atoms with Gasteiger partial charge in [0.15, 0.2) is 0 Å². The SMILES string of the molecule is CCCCCCN1CCCC1C(=O)OC. The largest absolute Gasteiger partial charge is 0.468 e. The van der Waals surface area contributed by atoms with Crippen LogP contribution in [0.2, 0.25) is 0 Å². The normalized spacial score (nSPS) is 21.9. The Balaban J connectivity index is 2.24. The fraction of sp³-hybridized carbons (Fsp3) is 0.917. The van der Waals surface area contributed by atoms with Gasteiger partial charge in [-0.2, -0.15) is 0 Å². The maximum absolute atomic E-state index is 11.4. The molecule has 1 atom stereocenters. The van der Waals surface area contributed by atoms with Crippen LogP contribution in [0.4, 0.5) is 0 Å². The van der Waals surface area contributed by atoms with Gasteiger partial charge >= 0.3 is 5.97 Å². The Kier molecular flexibility index (Phi) is 5.69. The minimum atomic E-state index is -0.0528. The molecule has 0 N–H and O–H groups in total. The van der Waals surface area contributed by atoms with Crippen molar-refractivity contribution in [2.75, 3.05) is 20.2 Å². The molecule has 1 saturated heterocycles. The second-order valence-corrected chi connectivity index (χ2v) is 4.28. The second-order valence-electron chi connectivity index (χ2n) is 4.28. The summed E-state index contributed by atoms with van der Waals surface area (Å²) < 4.78 is 4.81. The number of carbonyl (C=O) groups excluding carboxylic acids is 1. The summed E-state index contributed by atoms with van der Waals surface area (Å²) in [4.78, 5) is 13.7. The van der Waals surface area contributed by atoms with Crippen molar-refractivity contribution in [3.63, 3.8) is 0 Å². The third-order valence-electron chi connectivity index (χ3n) is 3.14. The van der Waals surface area contributed by atoms with Gasteiger partial charge in [-0.1, -0.05) is 26.2 Å². The van der Waals surface area contributed by atoms with Crippen LogP contribution >= 0.6 is 0 Å². The molecule has 3 heteroatoms. The van der Waals surface area contributed by atoms with Gasteiger partial charge in [0.25, 0.3) is 0 Å². The monoisotopic (exact) mass is 213 g/mol. The van der Waals surface area contributed by atoms with Crippen molar-refractivity contribution in [1.82, 2.24) is 4.90 Å². The number of hydrogen-bond donors (Lipinski definition) is 0. The number of likely N-dealkylation sites (tertiary alicyclic amines) is 1. The molecule has 1 unspecified atom stereocenters. The minimum absolute atomic E-state index is 0.0385. The summed E-state index contributed by atoms with van der Waals surface area (Å²) in [5.41, 5.74) is 0. The van der Waals surface area contributed by atoms with Crippen molar-refractivity contribution in [1.29, 1.82) is 0 Å². The summed E-state index contributed by atoms with van der Waals surface area (Å²) in [6.07, 6.45) is 7.16. The van der Waals surface area contributed by atoms with Crippen LogP contribution in [0, 0.1) is 0 Å². The molecule has 1 fully saturated rings. The lowest BCUT2D eigenvalue weighted by Gasteiger charge is -2.21. The second kappa shape index (κ2) is 6.83. The zero-order valence-corrected chi connectivity index (χ0v) is 10.00. The highest BCUT2D eigenvalue weighted by Gasteiger charge is 2.30. The number of esters is 1. The number of unbranched alkanes of at least 4 members (excludes halogenated alkanes) is 3. The highest BCUT2D eigenvalue weighted by molar-refractivity contribution is 5.75. The Morgan fingerprint density at radius 3 is 2.87 bits per heavy atom. The molecule has 0 aromatic carbocycles. The van der Waals surface area contributed by atoms with Gasteiger partial charge in [-0.3, -0.25) is 9.69 Å². The number of rotatable bonds is 6. The van der Waals surface area contributed by atoms with Crippen molar-refractivity contribution in [3.8, 4) is 0 Å². The first-order valence-electron chi connectivity index (χ1n) is 6.11. The van der Waals surface area contributed by atoms with Gasteiger partial charge < -0.3 is 4.74 Å². The Morgan fingerprint density at radius 2 is 2.20 bits per heavy atom. The Hall–Kier alpha value is -0.570. The van der Waals surface area contributed by atoms with Crippen molar-refractivity contribution >= 4 is 5.97 Å². The first-order valence-corrected chi connectivity index (χ1v) is 6.11. The standard InChI is InChI=1S/C12H23NO2/c1-3-4-5-6-9-13-10-7-8-11(13)12(14)15-2/h11H,3-10H2,1-2H3. The molecule has 3 nitrogen and oxygen atoms in total. The Labute approximate surface area is 92.8 Å². The van der Waals surface area contributed by atoms with Crippen LogP contribution in [-0.4, -0.2) is 37.1 Å². The molecule has 1 rings (SSSR count).